The zero-order valence-electron chi connectivity index (χ0n) is 11.8. The minimum Gasteiger partial charge on any atom is -0.326 e. The predicted octanol–water partition coefficient (Wildman–Crippen LogP) is 1.11. The minimum atomic E-state index is -0.505. The van der Waals surface area contributed by atoms with Crippen molar-refractivity contribution < 1.29 is 14.5 Å². The van der Waals surface area contributed by atoms with E-state index >= 15 is 0 Å². The number of carbonyl (C=O) groups excluding carboxylic acids is 2. The maximum atomic E-state index is 11.8. The number of rotatable bonds is 5. The van der Waals surface area contributed by atoms with Crippen LogP contribution < -0.4 is 15.5 Å². The van der Waals surface area contributed by atoms with Crippen LogP contribution in [0.25, 0.3) is 0 Å². The summed E-state index contributed by atoms with van der Waals surface area (Å²) in [5.74, 6) is -0.295. The molecule has 0 saturated carbocycles. The average molecular weight is 304 g/mol. The lowest BCUT2D eigenvalue weighted by atomic mass is 10.3. The highest BCUT2D eigenvalue weighted by molar-refractivity contribution is 7.07. The molecule has 3 amide bonds. The highest BCUT2D eigenvalue weighted by atomic mass is 32.1. The molecule has 5 nitrogen and oxygen atoms in total. The molecular weight excluding hydrogens is 286 g/mol. The van der Waals surface area contributed by atoms with Gasteiger partial charge in [0.25, 0.3) is 5.91 Å². The monoisotopic (exact) mass is 304 g/mol. The smallest absolute Gasteiger partial charge is 0.326 e. The molecule has 3 N–H and O–H groups in total. The van der Waals surface area contributed by atoms with E-state index in [4.69, 9.17) is 0 Å². The van der Waals surface area contributed by atoms with Crippen molar-refractivity contribution in [3.05, 3.63) is 52.7 Å². The van der Waals surface area contributed by atoms with E-state index in [1.54, 1.807) is 23.5 Å². The van der Waals surface area contributed by atoms with Gasteiger partial charge in [-0.1, -0.05) is 18.2 Å². The van der Waals surface area contributed by atoms with Crippen molar-refractivity contribution in [1.29, 1.82) is 0 Å². The first-order valence-corrected chi connectivity index (χ1v) is 7.56. The number of hydrogen-bond acceptors (Lipinski definition) is 3. The predicted molar refractivity (Wildman–Crippen MR) is 83.4 cm³/mol. The van der Waals surface area contributed by atoms with Gasteiger partial charge >= 0.3 is 6.03 Å². The van der Waals surface area contributed by atoms with Crippen molar-refractivity contribution in [2.24, 2.45) is 0 Å². The summed E-state index contributed by atoms with van der Waals surface area (Å²) in [6.45, 7) is 1.01. The zero-order chi connectivity index (χ0) is 15.1. The molecule has 0 saturated heterocycles. The van der Waals surface area contributed by atoms with Gasteiger partial charge in [-0.15, -0.1) is 0 Å². The fourth-order valence-corrected chi connectivity index (χ4v) is 2.60. The number of benzene rings is 1. The molecule has 2 rings (SSSR count). The van der Waals surface area contributed by atoms with Crippen LogP contribution in [0.4, 0.5) is 10.5 Å². The molecule has 1 aromatic carbocycles. The Morgan fingerprint density at radius 3 is 2.62 bits per heavy atom. The second-order valence-electron chi connectivity index (χ2n) is 4.81. The van der Waals surface area contributed by atoms with E-state index in [-0.39, 0.29) is 12.5 Å². The van der Waals surface area contributed by atoms with Crippen molar-refractivity contribution in [3.8, 4) is 0 Å². The lowest BCUT2D eigenvalue weighted by Crippen LogP contribution is -3.08. The summed E-state index contributed by atoms with van der Waals surface area (Å²) in [5, 5.41) is 9.01. The van der Waals surface area contributed by atoms with Gasteiger partial charge in [0, 0.05) is 11.3 Å². The van der Waals surface area contributed by atoms with Crippen LogP contribution >= 0.6 is 11.3 Å². The molecular formula is C15H18N3O2S+. The molecule has 1 aromatic heterocycles. The van der Waals surface area contributed by atoms with Gasteiger partial charge < -0.3 is 10.2 Å². The average Bonchev–Trinajstić information content (AvgIpc) is 2.91. The van der Waals surface area contributed by atoms with Crippen LogP contribution in [0.3, 0.4) is 0 Å². The summed E-state index contributed by atoms with van der Waals surface area (Å²) in [7, 11) is 1.92. The van der Waals surface area contributed by atoms with Crippen LogP contribution in [0.15, 0.2) is 47.2 Å². The molecule has 1 heterocycles. The molecule has 2 aromatic rings. The summed E-state index contributed by atoms with van der Waals surface area (Å²) < 4.78 is 0. The number of para-hydroxylation sites is 1. The Morgan fingerprint density at radius 1 is 1.19 bits per heavy atom. The quantitative estimate of drug-likeness (QED) is 0.775. The van der Waals surface area contributed by atoms with E-state index in [0.29, 0.717) is 5.69 Å². The maximum Gasteiger partial charge on any atom is 0.326 e. The molecule has 21 heavy (non-hydrogen) atoms. The highest BCUT2D eigenvalue weighted by Crippen LogP contribution is 2.04. The van der Waals surface area contributed by atoms with E-state index < -0.39 is 6.03 Å². The number of imide groups is 1. The van der Waals surface area contributed by atoms with Crippen molar-refractivity contribution in [2.75, 3.05) is 18.9 Å². The molecule has 1 atom stereocenters. The topological polar surface area (TPSA) is 62.6 Å². The van der Waals surface area contributed by atoms with Gasteiger partial charge in [-0.25, -0.2) is 4.79 Å². The Labute approximate surface area is 127 Å². The fourth-order valence-electron chi connectivity index (χ4n) is 1.93. The molecule has 0 fully saturated rings. The summed E-state index contributed by atoms with van der Waals surface area (Å²) in [6, 6.07) is 10.5. The SMILES string of the molecule is C[NH+](CC(=O)NC(=O)Nc1ccccc1)Cc1ccsc1. The third-order valence-electron chi connectivity index (χ3n) is 2.83. The fraction of sp³-hybridized carbons (Fsp3) is 0.200. The Hall–Kier alpha value is -2.18. The molecule has 1 unspecified atom stereocenters. The second kappa shape index (κ2) is 7.56. The summed E-state index contributed by atoms with van der Waals surface area (Å²) >= 11 is 1.63. The van der Waals surface area contributed by atoms with Crippen molar-refractivity contribution in [1.82, 2.24) is 5.32 Å². The van der Waals surface area contributed by atoms with E-state index in [1.807, 2.05) is 36.7 Å². The van der Waals surface area contributed by atoms with E-state index in [1.165, 1.54) is 5.56 Å². The van der Waals surface area contributed by atoms with E-state index in [2.05, 4.69) is 16.0 Å². The molecule has 6 heteroatoms. The molecule has 110 valence electrons. The van der Waals surface area contributed by atoms with Gasteiger partial charge in [0.1, 0.15) is 6.54 Å². The normalized spacial score (nSPS) is 11.7. The summed E-state index contributed by atoms with van der Waals surface area (Å²) in [4.78, 5) is 24.5. The van der Waals surface area contributed by atoms with Gasteiger partial charge in [0.15, 0.2) is 6.54 Å². The maximum absolute atomic E-state index is 11.8. The molecule has 0 bridgehead atoms. The number of urea groups is 1. The van der Waals surface area contributed by atoms with Gasteiger partial charge in [0.2, 0.25) is 0 Å². The van der Waals surface area contributed by atoms with Crippen LogP contribution in [0.5, 0.6) is 0 Å². The van der Waals surface area contributed by atoms with Crippen molar-refractivity contribution in [2.45, 2.75) is 6.54 Å². The number of hydrogen-bond donors (Lipinski definition) is 3. The first kappa shape index (κ1) is 15.2. The van der Waals surface area contributed by atoms with Crippen LogP contribution in [-0.2, 0) is 11.3 Å². The Morgan fingerprint density at radius 2 is 1.95 bits per heavy atom. The van der Waals surface area contributed by atoms with Gasteiger partial charge in [0.05, 0.1) is 7.05 Å². The zero-order valence-corrected chi connectivity index (χ0v) is 12.6. The van der Waals surface area contributed by atoms with Gasteiger partial charge in [-0.3, -0.25) is 10.1 Å². The number of carbonyl (C=O) groups is 2. The molecule has 0 aliphatic heterocycles. The number of anilines is 1. The van der Waals surface area contributed by atoms with Gasteiger partial charge in [-0.2, -0.15) is 11.3 Å². The molecule has 0 spiro atoms. The number of thiophene rings is 1. The third-order valence-corrected chi connectivity index (χ3v) is 3.56. The summed E-state index contributed by atoms with van der Waals surface area (Å²) in [5.41, 5.74) is 1.85. The van der Waals surface area contributed by atoms with Crippen molar-refractivity contribution in [3.63, 3.8) is 0 Å². The number of nitrogens with one attached hydrogen (secondary N) is 3. The summed E-state index contributed by atoms with van der Waals surface area (Å²) in [6.07, 6.45) is 0. The first-order chi connectivity index (χ1) is 10.1. The molecule has 0 radical (unpaired) electrons. The first-order valence-electron chi connectivity index (χ1n) is 6.62. The number of amides is 3. The second-order valence-corrected chi connectivity index (χ2v) is 5.59. The number of likely N-dealkylation sites (N-methyl/N-ethyl adjacent to an activating group) is 1. The Balaban J connectivity index is 1.74. The van der Waals surface area contributed by atoms with E-state index in [9.17, 15) is 9.59 Å². The minimum absolute atomic E-state index is 0.248. The van der Waals surface area contributed by atoms with Crippen LogP contribution in [0, 0.1) is 0 Å². The third kappa shape index (κ3) is 5.37. The Bertz CT molecular complexity index is 584. The van der Waals surface area contributed by atoms with Crippen LogP contribution in [0.1, 0.15) is 5.56 Å². The Kier molecular flexibility index (Phi) is 5.48. The van der Waals surface area contributed by atoms with Crippen LogP contribution in [0.2, 0.25) is 0 Å². The van der Waals surface area contributed by atoms with E-state index in [0.717, 1.165) is 11.4 Å². The lowest BCUT2D eigenvalue weighted by Gasteiger charge is -2.13. The number of quaternary nitrogens is 1. The lowest BCUT2D eigenvalue weighted by molar-refractivity contribution is -0.885. The molecule has 0 aliphatic rings. The highest BCUT2D eigenvalue weighted by Gasteiger charge is 2.13. The van der Waals surface area contributed by atoms with Gasteiger partial charge in [-0.05, 0) is 29.0 Å². The van der Waals surface area contributed by atoms with Crippen LogP contribution in [-0.4, -0.2) is 25.5 Å². The van der Waals surface area contributed by atoms with Crippen molar-refractivity contribution >= 4 is 29.0 Å². The molecule has 0 aliphatic carbocycles. The largest absolute Gasteiger partial charge is 0.326 e. The standard InChI is InChI=1S/C15H17N3O2S/c1-18(9-12-7-8-21-11-12)10-14(19)17-15(20)16-13-5-3-2-4-6-13/h2-8,11H,9-10H2,1H3,(H2,16,17,19,20)/p+1.